The smallest absolute Gasteiger partial charge is 0.0623 e. The van der Waals surface area contributed by atoms with E-state index in [0.717, 1.165) is 19.6 Å². The van der Waals surface area contributed by atoms with E-state index < -0.39 is 0 Å². The summed E-state index contributed by atoms with van der Waals surface area (Å²) in [5.41, 5.74) is 0.281. The van der Waals surface area contributed by atoms with Gasteiger partial charge in [0, 0.05) is 13.1 Å². The van der Waals surface area contributed by atoms with E-state index in [0.29, 0.717) is 5.41 Å². The number of likely N-dealkylation sites (N-methyl/N-ethyl adjacent to an activating group) is 1. The Hall–Kier alpha value is -0.120. The molecule has 1 heterocycles. The number of hydrogen-bond donors (Lipinski definition) is 2. The number of aliphatic hydroxyl groups is 1. The second-order valence-electron chi connectivity index (χ2n) is 6.23. The molecule has 0 spiro atoms. The summed E-state index contributed by atoms with van der Waals surface area (Å²) in [5, 5.41) is 12.9. The lowest BCUT2D eigenvalue weighted by molar-refractivity contribution is 0.0663. The van der Waals surface area contributed by atoms with Crippen LogP contribution < -0.4 is 5.32 Å². The molecule has 1 aliphatic heterocycles. The standard InChI is InChI=1S/C13H28N2O/c1-5-14-13(4,11-16)10-15-8-6-7-12(2,3)9-15/h14,16H,5-11H2,1-4H3. The lowest BCUT2D eigenvalue weighted by Crippen LogP contribution is -2.56. The summed E-state index contributed by atoms with van der Waals surface area (Å²) >= 11 is 0. The highest BCUT2D eigenvalue weighted by atomic mass is 16.3. The second-order valence-corrected chi connectivity index (χ2v) is 6.23. The third-order valence-electron chi connectivity index (χ3n) is 3.50. The van der Waals surface area contributed by atoms with Gasteiger partial charge in [0.15, 0.2) is 0 Å². The van der Waals surface area contributed by atoms with Crippen LogP contribution in [-0.4, -0.2) is 48.3 Å². The second kappa shape index (κ2) is 5.48. The molecule has 0 aromatic rings. The number of aliphatic hydroxyl groups excluding tert-OH is 1. The molecule has 1 atom stereocenters. The number of piperidine rings is 1. The Balaban J connectivity index is 2.51. The molecule has 96 valence electrons. The van der Waals surface area contributed by atoms with Crippen molar-refractivity contribution in [3.63, 3.8) is 0 Å². The molecule has 3 heteroatoms. The zero-order chi connectivity index (χ0) is 12.2. The van der Waals surface area contributed by atoms with Gasteiger partial charge in [0.1, 0.15) is 0 Å². The fourth-order valence-electron chi connectivity index (χ4n) is 2.76. The topological polar surface area (TPSA) is 35.5 Å². The zero-order valence-corrected chi connectivity index (χ0v) is 11.3. The van der Waals surface area contributed by atoms with Crippen LogP contribution in [0.4, 0.5) is 0 Å². The van der Waals surface area contributed by atoms with E-state index in [1.54, 1.807) is 0 Å². The quantitative estimate of drug-likeness (QED) is 0.748. The third-order valence-corrected chi connectivity index (χ3v) is 3.50. The molecule has 0 aromatic heterocycles. The Morgan fingerprint density at radius 3 is 2.62 bits per heavy atom. The van der Waals surface area contributed by atoms with Crippen molar-refractivity contribution in [2.45, 2.75) is 46.1 Å². The van der Waals surface area contributed by atoms with Gasteiger partial charge in [-0.05, 0) is 38.3 Å². The van der Waals surface area contributed by atoms with Crippen molar-refractivity contribution >= 4 is 0 Å². The summed E-state index contributed by atoms with van der Waals surface area (Å²) in [7, 11) is 0. The van der Waals surface area contributed by atoms with Crippen LogP contribution in [0.1, 0.15) is 40.5 Å². The maximum absolute atomic E-state index is 9.49. The lowest BCUT2D eigenvalue weighted by Gasteiger charge is -2.42. The third kappa shape index (κ3) is 4.04. The van der Waals surface area contributed by atoms with Crippen molar-refractivity contribution in [1.29, 1.82) is 0 Å². The molecule has 3 nitrogen and oxygen atoms in total. The van der Waals surface area contributed by atoms with Crippen molar-refractivity contribution in [3.8, 4) is 0 Å². The molecule has 1 rings (SSSR count). The number of nitrogens with one attached hydrogen (secondary N) is 1. The van der Waals surface area contributed by atoms with Crippen LogP contribution >= 0.6 is 0 Å². The molecular weight excluding hydrogens is 200 g/mol. The zero-order valence-electron chi connectivity index (χ0n) is 11.3. The largest absolute Gasteiger partial charge is 0.394 e. The first-order valence-corrected chi connectivity index (χ1v) is 6.49. The highest BCUT2D eigenvalue weighted by Crippen LogP contribution is 2.29. The molecule has 0 amide bonds. The first-order chi connectivity index (χ1) is 7.41. The molecule has 1 aliphatic rings. The lowest BCUT2D eigenvalue weighted by atomic mass is 9.83. The number of nitrogens with zero attached hydrogens (tertiary/aromatic N) is 1. The van der Waals surface area contributed by atoms with Gasteiger partial charge < -0.3 is 15.3 Å². The van der Waals surface area contributed by atoms with Gasteiger partial charge in [-0.2, -0.15) is 0 Å². The van der Waals surface area contributed by atoms with Gasteiger partial charge in [0.25, 0.3) is 0 Å². The van der Waals surface area contributed by atoms with Crippen LogP contribution in [0, 0.1) is 5.41 Å². The Morgan fingerprint density at radius 1 is 1.44 bits per heavy atom. The summed E-state index contributed by atoms with van der Waals surface area (Å²) < 4.78 is 0. The Kier molecular flexibility index (Phi) is 4.77. The van der Waals surface area contributed by atoms with Gasteiger partial charge in [-0.25, -0.2) is 0 Å². The Bertz CT molecular complexity index is 218. The van der Waals surface area contributed by atoms with Crippen LogP contribution in [0.15, 0.2) is 0 Å². The summed E-state index contributed by atoms with van der Waals surface area (Å²) in [6, 6.07) is 0. The van der Waals surface area contributed by atoms with Gasteiger partial charge in [0.2, 0.25) is 0 Å². The molecule has 1 fully saturated rings. The SMILES string of the molecule is CCNC(C)(CO)CN1CCCC(C)(C)C1. The molecule has 0 bridgehead atoms. The molecule has 0 saturated carbocycles. The maximum Gasteiger partial charge on any atom is 0.0623 e. The fourth-order valence-corrected chi connectivity index (χ4v) is 2.76. The molecule has 16 heavy (non-hydrogen) atoms. The number of hydrogen-bond acceptors (Lipinski definition) is 3. The van der Waals surface area contributed by atoms with Gasteiger partial charge >= 0.3 is 0 Å². The maximum atomic E-state index is 9.49. The highest BCUT2D eigenvalue weighted by Gasteiger charge is 2.31. The van der Waals surface area contributed by atoms with Gasteiger partial charge in [-0.3, -0.25) is 0 Å². The van der Waals surface area contributed by atoms with Crippen molar-refractivity contribution in [2.75, 3.05) is 32.8 Å². The summed E-state index contributed by atoms with van der Waals surface area (Å²) in [4.78, 5) is 2.49. The molecule has 1 unspecified atom stereocenters. The van der Waals surface area contributed by atoms with E-state index in [-0.39, 0.29) is 12.1 Å². The van der Waals surface area contributed by atoms with Gasteiger partial charge in [-0.1, -0.05) is 20.8 Å². The fraction of sp³-hybridized carbons (Fsp3) is 1.00. The summed E-state index contributed by atoms with van der Waals surface area (Å²) in [5.74, 6) is 0. The van der Waals surface area contributed by atoms with Crippen molar-refractivity contribution in [3.05, 3.63) is 0 Å². The van der Waals surface area contributed by atoms with Gasteiger partial charge in [0.05, 0.1) is 12.1 Å². The molecule has 0 aromatic carbocycles. The Morgan fingerprint density at radius 2 is 2.12 bits per heavy atom. The molecule has 0 aliphatic carbocycles. The van der Waals surface area contributed by atoms with Crippen molar-refractivity contribution < 1.29 is 5.11 Å². The van der Waals surface area contributed by atoms with E-state index in [1.165, 1.54) is 19.4 Å². The van der Waals surface area contributed by atoms with Crippen molar-refractivity contribution in [2.24, 2.45) is 5.41 Å². The minimum atomic E-state index is -0.151. The minimum absolute atomic E-state index is 0.151. The predicted molar refractivity (Wildman–Crippen MR) is 68.6 cm³/mol. The number of rotatable bonds is 5. The summed E-state index contributed by atoms with van der Waals surface area (Å²) in [6.45, 7) is 13.3. The number of likely N-dealkylation sites (tertiary alicyclic amines) is 1. The first-order valence-electron chi connectivity index (χ1n) is 6.49. The highest BCUT2D eigenvalue weighted by molar-refractivity contribution is 4.89. The first kappa shape index (κ1) is 13.9. The van der Waals surface area contributed by atoms with Crippen LogP contribution in [-0.2, 0) is 0 Å². The monoisotopic (exact) mass is 228 g/mol. The van der Waals surface area contributed by atoms with E-state index in [4.69, 9.17) is 0 Å². The Labute approximate surface area is 100 Å². The molecule has 1 saturated heterocycles. The van der Waals surface area contributed by atoms with E-state index >= 15 is 0 Å². The van der Waals surface area contributed by atoms with Crippen molar-refractivity contribution in [1.82, 2.24) is 10.2 Å². The molecular formula is C13H28N2O. The van der Waals surface area contributed by atoms with Crippen LogP contribution in [0.2, 0.25) is 0 Å². The average molecular weight is 228 g/mol. The average Bonchev–Trinajstić information content (AvgIpc) is 2.16. The normalized spacial score (nSPS) is 25.3. The minimum Gasteiger partial charge on any atom is -0.394 e. The van der Waals surface area contributed by atoms with E-state index in [9.17, 15) is 5.11 Å². The van der Waals surface area contributed by atoms with Gasteiger partial charge in [-0.15, -0.1) is 0 Å². The molecule has 2 N–H and O–H groups in total. The van der Waals surface area contributed by atoms with E-state index in [2.05, 4.69) is 37.9 Å². The van der Waals surface area contributed by atoms with E-state index in [1.807, 2.05) is 0 Å². The predicted octanol–water partition coefficient (Wildman–Crippen LogP) is 1.47. The van der Waals surface area contributed by atoms with Crippen LogP contribution in [0.25, 0.3) is 0 Å². The van der Waals surface area contributed by atoms with Crippen LogP contribution in [0.5, 0.6) is 0 Å². The summed E-state index contributed by atoms with van der Waals surface area (Å²) in [6.07, 6.45) is 2.60. The molecule has 0 radical (unpaired) electrons. The van der Waals surface area contributed by atoms with Crippen LogP contribution in [0.3, 0.4) is 0 Å².